The van der Waals surface area contributed by atoms with Gasteiger partial charge in [0.2, 0.25) is 0 Å². The van der Waals surface area contributed by atoms with Gasteiger partial charge >= 0.3 is 0 Å². The van der Waals surface area contributed by atoms with E-state index in [1.165, 1.54) is 5.56 Å². The van der Waals surface area contributed by atoms with E-state index < -0.39 is 0 Å². The molecule has 0 fully saturated rings. The molecule has 0 aliphatic carbocycles. The number of hydrogen-bond donors (Lipinski definition) is 0. The maximum atomic E-state index is 9.19. The van der Waals surface area contributed by atoms with Crippen LogP contribution < -0.4 is 4.74 Å². The minimum Gasteiger partial charge on any atom is -0.493 e. The van der Waals surface area contributed by atoms with Crippen LogP contribution in [0, 0.1) is 11.3 Å². The summed E-state index contributed by atoms with van der Waals surface area (Å²) < 4.78 is 5.66. The van der Waals surface area contributed by atoms with E-state index in [4.69, 9.17) is 4.74 Å². The molecule has 0 saturated carbocycles. The molecule has 2 rings (SSSR count). The van der Waals surface area contributed by atoms with Gasteiger partial charge in [-0.3, -0.25) is 0 Å². The molecule has 0 bridgehead atoms. The highest BCUT2D eigenvalue weighted by molar-refractivity contribution is 5.43. The Labute approximate surface area is 96.9 Å². The van der Waals surface area contributed by atoms with Gasteiger partial charge in [-0.05, 0) is 30.4 Å². The maximum Gasteiger partial charge on any atom is 0.123 e. The molecule has 0 radical (unpaired) electrons. The molecule has 1 unspecified atom stereocenters. The van der Waals surface area contributed by atoms with E-state index in [1.807, 2.05) is 6.07 Å². The van der Waals surface area contributed by atoms with E-state index in [-0.39, 0.29) is 5.92 Å². The van der Waals surface area contributed by atoms with Crippen molar-refractivity contribution in [2.75, 3.05) is 6.61 Å². The number of ether oxygens (including phenoxy) is 1. The summed E-state index contributed by atoms with van der Waals surface area (Å²) in [6.45, 7) is 5.06. The molecule has 0 spiro atoms. The molecule has 1 aromatic rings. The lowest BCUT2D eigenvalue weighted by molar-refractivity contribution is 0.316. The summed E-state index contributed by atoms with van der Waals surface area (Å²) in [5.41, 5.74) is 2.36. The Bertz CT molecular complexity index is 417. The van der Waals surface area contributed by atoms with Gasteiger partial charge in [-0.25, -0.2) is 0 Å². The molecule has 16 heavy (non-hydrogen) atoms. The summed E-state index contributed by atoms with van der Waals surface area (Å²) in [6, 6.07) is 8.64. The fourth-order valence-electron chi connectivity index (χ4n) is 2.09. The third kappa shape index (κ3) is 2.04. The van der Waals surface area contributed by atoms with E-state index in [9.17, 15) is 5.26 Å². The van der Waals surface area contributed by atoms with Crippen LogP contribution in [0.1, 0.15) is 49.7 Å². The van der Waals surface area contributed by atoms with Crippen LogP contribution in [0.2, 0.25) is 0 Å². The average Bonchev–Trinajstić information content (AvgIpc) is 2.49. The highest BCUT2D eigenvalue weighted by Crippen LogP contribution is 2.34. The van der Waals surface area contributed by atoms with E-state index in [0.717, 1.165) is 30.8 Å². The maximum absolute atomic E-state index is 9.19. The van der Waals surface area contributed by atoms with Crippen molar-refractivity contribution in [2.24, 2.45) is 0 Å². The minimum absolute atomic E-state index is 0.00352. The largest absolute Gasteiger partial charge is 0.493 e. The Morgan fingerprint density at radius 1 is 1.44 bits per heavy atom. The molecule has 1 atom stereocenters. The van der Waals surface area contributed by atoms with E-state index >= 15 is 0 Å². The zero-order valence-electron chi connectivity index (χ0n) is 9.86. The van der Waals surface area contributed by atoms with E-state index in [0.29, 0.717) is 5.92 Å². The molecule has 0 N–H and O–H groups in total. The van der Waals surface area contributed by atoms with E-state index in [1.54, 1.807) is 0 Å². The molecule has 0 amide bonds. The zero-order valence-corrected chi connectivity index (χ0v) is 9.86. The first-order chi connectivity index (χ1) is 7.72. The van der Waals surface area contributed by atoms with Crippen LogP contribution in [0.15, 0.2) is 18.2 Å². The van der Waals surface area contributed by atoms with Crippen LogP contribution in [-0.2, 0) is 0 Å². The normalized spacial score (nSPS) is 19.5. The smallest absolute Gasteiger partial charge is 0.123 e. The Balaban J connectivity index is 2.45. The van der Waals surface area contributed by atoms with E-state index in [2.05, 4.69) is 32.0 Å². The average molecular weight is 215 g/mol. The molecule has 1 heterocycles. The van der Waals surface area contributed by atoms with Crippen LogP contribution in [0.4, 0.5) is 0 Å². The summed E-state index contributed by atoms with van der Waals surface area (Å²) >= 11 is 0. The highest BCUT2D eigenvalue weighted by Gasteiger charge is 2.20. The van der Waals surface area contributed by atoms with Gasteiger partial charge in [0.15, 0.2) is 0 Å². The second-order valence-corrected chi connectivity index (χ2v) is 4.62. The summed E-state index contributed by atoms with van der Waals surface area (Å²) in [5, 5.41) is 9.19. The van der Waals surface area contributed by atoms with Gasteiger partial charge in [0.25, 0.3) is 0 Å². The third-order valence-electron chi connectivity index (χ3n) is 3.13. The van der Waals surface area contributed by atoms with Crippen molar-refractivity contribution in [3.63, 3.8) is 0 Å². The number of rotatable bonds is 1. The number of fused-ring (bicyclic) bond motifs is 1. The molecule has 2 nitrogen and oxygen atoms in total. The van der Waals surface area contributed by atoms with Gasteiger partial charge in [-0.1, -0.05) is 26.0 Å². The summed E-state index contributed by atoms with van der Waals surface area (Å²) in [4.78, 5) is 0. The molecule has 1 aliphatic rings. The van der Waals surface area contributed by atoms with Crippen molar-refractivity contribution in [1.82, 2.24) is 0 Å². The Kier molecular flexibility index (Phi) is 3.14. The van der Waals surface area contributed by atoms with Crippen molar-refractivity contribution in [2.45, 2.75) is 38.5 Å². The van der Waals surface area contributed by atoms with Crippen LogP contribution >= 0.6 is 0 Å². The SMILES string of the molecule is CC(C)c1ccc2c(c1)C(C#N)CCCO2. The lowest BCUT2D eigenvalue weighted by Crippen LogP contribution is -1.98. The molecule has 0 aromatic heterocycles. The first-order valence-electron chi connectivity index (χ1n) is 5.88. The molecular weight excluding hydrogens is 198 g/mol. The number of nitrogens with zero attached hydrogens (tertiary/aromatic N) is 1. The second kappa shape index (κ2) is 4.57. The number of hydrogen-bond acceptors (Lipinski definition) is 2. The topological polar surface area (TPSA) is 33.0 Å². The predicted octanol–water partition coefficient (Wildman–Crippen LogP) is 3.59. The fourth-order valence-corrected chi connectivity index (χ4v) is 2.09. The second-order valence-electron chi connectivity index (χ2n) is 4.62. The van der Waals surface area contributed by atoms with Crippen LogP contribution in [0.25, 0.3) is 0 Å². The quantitative estimate of drug-likeness (QED) is 0.717. The van der Waals surface area contributed by atoms with Crippen molar-refractivity contribution >= 4 is 0 Å². The first-order valence-corrected chi connectivity index (χ1v) is 5.88. The van der Waals surface area contributed by atoms with Gasteiger partial charge < -0.3 is 4.74 Å². The van der Waals surface area contributed by atoms with Crippen LogP contribution in [-0.4, -0.2) is 6.61 Å². The number of nitriles is 1. The van der Waals surface area contributed by atoms with Gasteiger partial charge in [-0.2, -0.15) is 5.26 Å². The Morgan fingerprint density at radius 3 is 2.94 bits per heavy atom. The lowest BCUT2D eigenvalue weighted by Gasteiger charge is -2.13. The van der Waals surface area contributed by atoms with Crippen molar-refractivity contribution in [3.8, 4) is 11.8 Å². The fraction of sp³-hybridized carbons (Fsp3) is 0.500. The van der Waals surface area contributed by atoms with Crippen molar-refractivity contribution < 1.29 is 4.74 Å². The molecule has 1 aliphatic heterocycles. The predicted molar refractivity (Wildman–Crippen MR) is 63.6 cm³/mol. The number of benzene rings is 1. The molecule has 2 heteroatoms. The van der Waals surface area contributed by atoms with Crippen LogP contribution in [0.3, 0.4) is 0 Å². The first kappa shape index (κ1) is 11.0. The van der Waals surface area contributed by atoms with Gasteiger partial charge in [0, 0.05) is 5.56 Å². The zero-order chi connectivity index (χ0) is 11.5. The van der Waals surface area contributed by atoms with Crippen molar-refractivity contribution in [3.05, 3.63) is 29.3 Å². The molecular formula is C14H17NO. The summed E-state index contributed by atoms with van der Waals surface area (Å²) in [7, 11) is 0. The molecule has 1 aromatic carbocycles. The lowest BCUT2D eigenvalue weighted by atomic mass is 9.92. The Hall–Kier alpha value is -1.49. The van der Waals surface area contributed by atoms with Crippen LogP contribution in [0.5, 0.6) is 5.75 Å². The highest BCUT2D eigenvalue weighted by atomic mass is 16.5. The summed E-state index contributed by atoms with van der Waals surface area (Å²) in [6.07, 6.45) is 1.87. The van der Waals surface area contributed by atoms with Crippen molar-refractivity contribution in [1.29, 1.82) is 5.26 Å². The van der Waals surface area contributed by atoms with Gasteiger partial charge in [0.05, 0.1) is 18.6 Å². The Morgan fingerprint density at radius 2 is 2.25 bits per heavy atom. The molecule has 0 saturated heterocycles. The summed E-state index contributed by atoms with van der Waals surface area (Å²) in [5.74, 6) is 1.39. The monoisotopic (exact) mass is 215 g/mol. The van der Waals surface area contributed by atoms with Gasteiger partial charge in [0.1, 0.15) is 5.75 Å². The minimum atomic E-state index is -0.00352. The van der Waals surface area contributed by atoms with Gasteiger partial charge in [-0.15, -0.1) is 0 Å². The molecule has 84 valence electrons. The third-order valence-corrected chi connectivity index (χ3v) is 3.13. The standard InChI is InChI=1S/C14H17NO/c1-10(2)11-5-6-14-13(8-11)12(9-15)4-3-7-16-14/h5-6,8,10,12H,3-4,7H2,1-2H3.